The molecule has 0 bridgehead atoms. The summed E-state index contributed by atoms with van der Waals surface area (Å²) < 4.78 is 13.6. The molecule has 0 unspecified atom stereocenters. The van der Waals surface area contributed by atoms with Gasteiger partial charge in [0, 0.05) is 33.9 Å². The summed E-state index contributed by atoms with van der Waals surface area (Å²) in [5, 5.41) is 13.4. The Hall–Kier alpha value is -4.43. The van der Waals surface area contributed by atoms with Crippen LogP contribution in [0.4, 0.5) is 4.39 Å². The number of carboxylic acid groups (broad SMARTS) is 1. The van der Waals surface area contributed by atoms with E-state index in [1.807, 2.05) is 30.3 Å². The Labute approximate surface area is 215 Å². The number of halogens is 2. The lowest BCUT2D eigenvalue weighted by atomic mass is 9.94. The van der Waals surface area contributed by atoms with Gasteiger partial charge in [-0.1, -0.05) is 54.1 Å². The van der Waals surface area contributed by atoms with Crippen molar-refractivity contribution in [3.05, 3.63) is 111 Å². The van der Waals surface area contributed by atoms with E-state index in [9.17, 15) is 23.9 Å². The number of amides is 1. The van der Waals surface area contributed by atoms with Gasteiger partial charge in [0.2, 0.25) is 5.91 Å². The number of aliphatic carboxylic acids is 1. The highest BCUT2D eigenvalue weighted by Crippen LogP contribution is 2.38. The molecule has 0 saturated carbocycles. The number of rotatable bonds is 6. The number of hydrogen-bond donors (Lipinski definition) is 2. The summed E-state index contributed by atoms with van der Waals surface area (Å²) in [6.07, 6.45) is 0.910. The number of carbonyl (C=O) groups excluding carboxylic acids is 2. The molecule has 37 heavy (non-hydrogen) atoms. The number of nitrogens with zero attached hydrogens (tertiary/aromatic N) is 1. The van der Waals surface area contributed by atoms with E-state index in [0.717, 1.165) is 5.56 Å². The number of carboxylic acids is 1. The largest absolute Gasteiger partial charge is 0.550 e. The summed E-state index contributed by atoms with van der Waals surface area (Å²) in [6.45, 7) is 0. The molecule has 7 nitrogen and oxygen atoms in total. The van der Waals surface area contributed by atoms with Gasteiger partial charge in [0.25, 0.3) is 5.56 Å². The predicted molar refractivity (Wildman–Crippen MR) is 136 cm³/mol. The zero-order chi connectivity index (χ0) is 26.1. The van der Waals surface area contributed by atoms with Gasteiger partial charge in [0.15, 0.2) is 0 Å². The molecule has 5 rings (SSSR count). The number of aromatic nitrogens is 1. The first kappa shape index (κ1) is 24.3. The van der Waals surface area contributed by atoms with Gasteiger partial charge in [-0.15, -0.1) is 0 Å². The Kier molecular flexibility index (Phi) is 6.50. The Morgan fingerprint density at radius 2 is 1.70 bits per heavy atom. The first-order chi connectivity index (χ1) is 17.8. The standard InChI is InChI=1S/C28H21ClFN3O4/c29-18-8-11-21-20(14-18)26(17-4-2-1-3-5-17)27(28(37)31-21)22-15-23(16-6-9-19(30)10-7-16)33(32-22)24(34)12-13-25(35)36/h1-11,14-15,23,32H,12-13H2,(H,31,37)(H,35,36)/p-1/t23-/m0/s1. The van der Waals surface area contributed by atoms with Crippen LogP contribution >= 0.6 is 11.6 Å². The van der Waals surface area contributed by atoms with Crippen molar-refractivity contribution in [2.24, 2.45) is 0 Å². The van der Waals surface area contributed by atoms with E-state index in [1.165, 1.54) is 29.3 Å². The van der Waals surface area contributed by atoms with Crippen LogP contribution in [0, 0.1) is 5.82 Å². The fourth-order valence-electron chi connectivity index (χ4n) is 4.49. The van der Waals surface area contributed by atoms with Gasteiger partial charge in [0.1, 0.15) is 5.82 Å². The first-order valence-electron chi connectivity index (χ1n) is 11.5. The summed E-state index contributed by atoms with van der Waals surface area (Å²) in [7, 11) is 0. The Morgan fingerprint density at radius 1 is 0.973 bits per heavy atom. The van der Waals surface area contributed by atoms with Gasteiger partial charge >= 0.3 is 0 Å². The maximum Gasteiger partial charge on any atom is 0.258 e. The summed E-state index contributed by atoms with van der Waals surface area (Å²) in [5.41, 5.74) is 5.78. The minimum atomic E-state index is -1.35. The molecule has 0 saturated heterocycles. The number of nitrogens with one attached hydrogen (secondary N) is 2. The maximum atomic E-state index is 13.6. The molecule has 0 aliphatic carbocycles. The maximum absolute atomic E-state index is 13.6. The second-order valence-electron chi connectivity index (χ2n) is 8.58. The molecular formula is C28H20ClFN3O4-. The third-order valence-electron chi connectivity index (χ3n) is 6.17. The monoisotopic (exact) mass is 516 g/mol. The fraction of sp³-hybridized carbons (Fsp3) is 0.107. The lowest BCUT2D eigenvalue weighted by Gasteiger charge is -2.26. The minimum Gasteiger partial charge on any atom is -0.550 e. The highest BCUT2D eigenvalue weighted by atomic mass is 35.5. The van der Waals surface area contributed by atoms with E-state index in [2.05, 4.69) is 10.4 Å². The van der Waals surface area contributed by atoms with Crippen molar-refractivity contribution in [3.8, 4) is 11.1 Å². The molecule has 1 aromatic heterocycles. The van der Waals surface area contributed by atoms with E-state index in [1.54, 1.807) is 24.3 Å². The predicted octanol–water partition coefficient (Wildman–Crippen LogP) is 3.95. The van der Waals surface area contributed by atoms with Crippen molar-refractivity contribution in [2.45, 2.75) is 18.9 Å². The molecule has 2 heterocycles. The molecule has 0 spiro atoms. The number of H-pyrrole nitrogens is 1. The normalized spacial score (nSPS) is 14.9. The Bertz CT molecular complexity index is 1600. The van der Waals surface area contributed by atoms with Gasteiger partial charge in [-0.25, -0.2) is 9.40 Å². The fourth-order valence-corrected chi connectivity index (χ4v) is 4.66. The second-order valence-corrected chi connectivity index (χ2v) is 9.02. The van der Waals surface area contributed by atoms with Crippen molar-refractivity contribution in [2.75, 3.05) is 0 Å². The lowest BCUT2D eigenvalue weighted by Crippen LogP contribution is -2.40. The van der Waals surface area contributed by atoms with Crippen LogP contribution in [0.15, 0.2) is 83.7 Å². The number of aromatic amines is 1. The third-order valence-corrected chi connectivity index (χ3v) is 6.41. The average Bonchev–Trinajstić information content (AvgIpc) is 3.32. The smallest absolute Gasteiger partial charge is 0.258 e. The molecule has 1 aliphatic rings. The van der Waals surface area contributed by atoms with Gasteiger partial charge < -0.3 is 14.9 Å². The quantitative estimate of drug-likeness (QED) is 0.404. The Balaban J connectivity index is 1.70. The van der Waals surface area contributed by atoms with E-state index in [0.29, 0.717) is 32.7 Å². The zero-order valence-corrected chi connectivity index (χ0v) is 20.1. The van der Waals surface area contributed by atoms with Crippen LogP contribution in [-0.2, 0) is 9.59 Å². The number of carbonyl (C=O) groups is 2. The van der Waals surface area contributed by atoms with Gasteiger partial charge in [-0.2, -0.15) is 0 Å². The first-order valence-corrected chi connectivity index (χ1v) is 11.9. The molecular weight excluding hydrogens is 497 g/mol. The van der Waals surface area contributed by atoms with Crippen LogP contribution in [0.2, 0.25) is 5.02 Å². The SMILES string of the molecule is O=C([O-])CCC(=O)N1NC(c2c(-c3ccccc3)c3cc(Cl)ccc3[nH]c2=O)=C[C@H]1c1ccc(F)cc1. The average molecular weight is 517 g/mol. The summed E-state index contributed by atoms with van der Waals surface area (Å²) in [4.78, 5) is 40.4. The topological polar surface area (TPSA) is 105 Å². The molecule has 1 atom stereocenters. The van der Waals surface area contributed by atoms with Crippen molar-refractivity contribution in [3.63, 3.8) is 0 Å². The van der Waals surface area contributed by atoms with Crippen LogP contribution < -0.4 is 16.1 Å². The van der Waals surface area contributed by atoms with Gasteiger partial charge in [-0.05, 0) is 54.0 Å². The molecule has 9 heteroatoms. The molecule has 3 aromatic carbocycles. The molecule has 0 radical (unpaired) electrons. The third kappa shape index (κ3) is 4.83. The number of benzene rings is 3. The highest BCUT2D eigenvalue weighted by molar-refractivity contribution is 6.31. The van der Waals surface area contributed by atoms with E-state index < -0.39 is 35.7 Å². The van der Waals surface area contributed by atoms with Crippen molar-refractivity contribution in [1.29, 1.82) is 0 Å². The molecule has 1 amide bonds. The Morgan fingerprint density at radius 3 is 2.41 bits per heavy atom. The van der Waals surface area contributed by atoms with Crippen molar-refractivity contribution < 1.29 is 19.1 Å². The molecule has 0 fully saturated rings. The number of hydrazine groups is 1. The van der Waals surface area contributed by atoms with Crippen LogP contribution in [-0.4, -0.2) is 21.9 Å². The molecule has 4 aromatic rings. The number of pyridine rings is 1. The van der Waals surface area contributed by atoms with E-state index in [-0.39, 0.29) is 12.0 Å². The lowest BCUT2D eigenvalue weighted by molar-refractivity contribution is -0.305. The van der Waals surface area contributed by atoms with Gasteiger partial charge in [0.05, 0.1) is 17.3 Å². The number of fused-ring (bicyclic) bond motifs is 1. The summed E-state index contributed by atoms with van der Waals surface area (Å²) in [5.74, 6) is -2.32. The minimum absolute atomic E-state index is 0.281. The summed E-state index contributed by atoms with van der Waals surface area (Å²) >= 11 is 6.31. The van der Waals surface area contributed by atoms with Crippen molar-refractivity contribution >= 4 is 40.1 Å². The van der Waals surface area contributed by atoms with Crippen molar-refractivity contribution in [1.82, 2.24) is 15.4 Å². The molecule has 2 N–H and O–H groups in total. The second kappa shape index (κ2) is 9.91. The molecule has 186 valence electrons. The van der Waals surface area contributed by atoms with Gasteiger partial charge in [-0.3, -0.25) is 15.0 Å². The van der Waals surface area contributed by atoms with Crippen LogP contribution in [0.3, 0.4) is 0 Å². The highest BCUT2D eigenvalue weighted by Gasteiger charge is 2.33. The summed E-state index contributed by atoms with van der Waals surface area (Å²) in [6, 6.07) is 19.4. The zero-order valence-electron chi connectivity index (χ0n) is 19.3. The van der Waals surface area contributed by atoms with E-state index in [4.69, 9.17) is 11.6 Å². The van der Waals surface area contributed by atoms with E-state index >= 15 is 0 Å². The number of hydrogen-bond acceptors (Lipinski definition) is 5. The van der Waals surface area contributed by atoms with Crippen LogP contribution in [0.25, 0.3) is 27.7 Å². The van der Waals surface area contributed by atoms with Crippen LogP contribution in [0.5, 0.6) is 0 Å². The molecule has 1 aliphatic heterocycles. The van der Waals surface area contributed by atoms with Crippen LogP contribution in [0.1, 0.15) is 30.0 Å².